The number of rotatable bonds is 11. The van der Waals surface area contributed by atoms with E-state index in [4.69, 9.17) is 4.74 Å². The van der Waals surface area contributed by atoms with Crippen LogP contribution >= 0.6 is 0 Å². The third-order valence-corrected chi connectivity index (χ3v) is 7.53. The maximum Gasteiger partial charge on any atom is 0.304 e. The Labute approximate surface area is 227 Å². The third-order valence-electron chi connectivity index (χ3n) is 6.82. The van der Waals surface area contributed by atoms with Crippen molar-refractivity contribution in [2.75, 3.05) is 17.8 Å². The van der Waals surface area contributed by atoms with Crippen LogP contribution in [0.1, 0.15) is 30.4 Å². The summed E-state index contributed by atoms with van der Waals surface area (Å²) < 4.78 is 72.1. The second kappa shape index (κ2) is 11.4. The molecule has 2 aromatic carbocycles. The molecule has 1 unspecified atom stereocenters. The van der Waals surface area contributed by atoms with Gasteiger partial charge in [0.1, 0.15) is 12.6 Å². The number of ether oxygens (including phenoxy) is 1. The SMILES string of the molecule is CS(=O)(=O)N[C@H]1CCc2cccc3c2N(C1=O)[C@H](C(=O)CC(CC(=O)O)C(=O)COc1c(F)ccc(F)c1F)C3. The van der Waals surface area contributed by atoms with E-state index in [1.54, 1.807) is 18.2 Å². The van der Waals surface area contributed by atoms with Crippen LogP contribution in [0.25, 0.3) is 0 Å². The quantitative estimate of drug-likeness (QED) is 0.382. The molecule has 0 saturated heterocycles. The van der Waals surface area contributed by atoms with Crippen molar-refractivity contribution >= 4 is 39.2 Å². The molecule has 0 aromatic heterocycles. The highest BCUT2D eigenvalue weighted by atomic mass is 32.2. The first-order chi connectivity index (χ1) is 18.8. The van der Waals surface area contributed by atoms with E-state index in [1.165, 1.54) is 4.90 Å². The van der Waals surface area contributed by atoms with E-state index < -0.39 is 94.1 Å². The Kier molecular flexibility index (Phi) is 8.30. The number of anilines is 1. The zero-order valence-electron chi connectivity index (χ0n) is 21.2. The van der Waals surface area contributed by atoms with E-state index in [9.17, 15) is 45.9 Å². The van der Waals surface area contributed by atoms with E-state index in [0.29, 0.717) is 29.8 Å². The molecular weight excluding hydrogens is 557 g/mol. The molecule has 0 aliphatic carbocycles. The van der Waals surface area contributed by atoms with Gasteiger partial charge < -0.3 is 9.84 Å². The molecule has 1 amide bonds. The van der Waals surface area contributed by atoms with E-state index in [-0.39, 0.29) is 12.8 Å². The first-order valence-electron chi connectivity index (χ1n) is 12.2. The van der Waals surface area contributed by atoms with Crippen LogP contribution in [-0.4, -0.2) is 61.9 Å². The van der Waals surface area contributed by atoms with Gasteiger partial charge in [-0.15, -0.1) is 0 Å². The first-order valence-corrected chi connectivity index (χ1v) is 14.1. The van der Waals surface area contributed by atoms with Crippen molar-refractivity contribution in [2.45, 2.75) is 44.2 Å². The second-order valence-electron chi connectivity index (χ2n) is 9.73. The van der Waals surface area contributed by atoms with Crippen LogP contribution in [0.15, 0.2) is 30.3 Å². The van der Waals surface area contributed by atoms with Crippen LogP contribution in [0.5, 0.6) is 5.75 Å². The highest BCUT2D eigenvalue weighted by Crippen LogP contribution is 2.40. The Morgan fingerprint density at radius 1 is 1.10 bits per heavy atom. The van der Waals surface area contributed by atoms with Crippen LogP contribution < -0.4 is 14.4 Å². The fraction of sp³-hybridized carbons (Fsp3) is 0.385. The smallest absolute Gasteiger partial charge is 0.304 e. The van der Waals surface area contributed by atoms with Gasteiger partial charge in [0.05, 0.1) is 24.4 Å². The normalized spacial score (nSPS) is 19.1. The number of ketones is 2. The Hall–Kier alpha value is -3.78. The zero-order chi connectivity index (χ0) is 29.4. The number of para-hydroxylation sites is 1. The maximum absolute atomic E-state index is 13.9. The Morgan fingerprint density at radius 3 is 2.45 bits per heavy atom. The highest BCUT2D eigenvalue weighted by Gasteiger charge is 2.44. The van der Waals surface area contributed by atoms with E-state index in [2.05, 4.69) is 4.72 Å². The van der Waals surface area contributed by atoms with Crippen LogP contribution in [0.4, 0.5) is 18.9 Å². The average Bonchev–Trinajstić information content (AvgIpc) is 3.21. The lowest BCUT2D eigenvalue weighted by atomic mass is 9.90. The van der Waals surface area contributed by atoms with Crippen LogP contribution in [0.2, 0.25) is 0 Å². The lowest BCUT2D eigenvalue weighted by Crippen LogP contribution is -2.52. The fourth-order valence-electron chi connectivity index (χ4n) is 5.05. The number of sulfonamides is 1. The number of carbonyl (C=O) groups excluding carboxylic acids is 3. The molecule has 2 aliphatic heterocycles. The number of carbonyl (C=O) groups is 4. The maximum atomic E-state index is 13.9. The molecule has 0 saturated carbocycles. The molecule has 2 N–H and O–H groups in total. The molecule has 40 heavy (non-hydrogen) atoms. The van der Waals surface area contributed by atoms with Gasteiger partial charge in [-0.3, -0.25) is 24.1 Å². The van der Waals surface area contributed by atoms with Gasteiger partial charge >= 0.3 is 5.97 Å². The van der Waals surface area contributed by atoms with Crippen molar-refractivity contribution in [3.63, 3.8) is 0 Å². The number of amides is 1. The fourth-order valence-corrected chi connectivity index (χ4v) is 5.78. The molecule has 2 heterocycles. The molecule has 2 aliphatic rings. The lowest BCUT2D eigenvalue weighted by Gasteiger charge is -2.28. The van der Waals surface area contributed by atoms with Crippen molar-refractivity contribution < 1.29 is 50.6 Å². The van der Waals surface area contributed by atoms with Crippen LogP contribution in [-0.2, 0) is 42.0 Å². The van der Waals surface area contributed by atoms with Crippen molar-refractivity contribution in [2.24, 2.45) is 5.92 Å². The lowest BCUT2D eigenvalue weighted by molar-refractivity contribution is -0.142. The summed E-state index contributed by atoms with van der Waals surface area (Å²) >= 11 is 0. The molecule has 0 radical (unpaired) electrons. The molecule has 214 valence electrons. The molecule has 0 spiro atoms. The summed E-state index contributed by atoms with van der Waals surface area (Å²) in [5, 5.41) is 9.33. The minimum atomic E-state index is -3.78. The predicted molar refractivity (Wildman–Crippen MR) is 134 cm³/mol. The minimum absolute atomic E-state index is 0.0591. The highest BCUT2D eigenvalue weighted by molar-refractivity contribution is 7.88. The topological polar surface area (TPSA) is 147 Å². The zero-order valence-corrected chi connectivity index (χ0v) is 22.0. The Balaban J connectivity index is 1.56. The molecule has 14 heteroatoms. The molecular formula is C26H25F3N2O8S. The van der Waals surface area contributed by atoms with E-state index in [1.807, 2.05) is 0 Å². The predicted octanol–water partition coefficient (Wildman–Crippen LogP) is 1.92. The number of halogens is 3. The van der Waals surface area contributed by atoms with Gasteiger partial charge in [-0.25, -0.2) is 21.9 Å². The number of hydrogen-bond donors (Lipinski definition) is 2. The number of Topliss-reactive ketones (excluding diaryl/α,β-unsaturated/α-hetero) is 2. The number of aryl methyl sites for hydroxylation is 1. The number of nitrogens with zero attached hydrogens (tertiary/aromatic N) is 1. The van der Waals surface area contributed by atoms with Gasteiger partial charge in [-0.1, -0.05) is 18.2 Å². The van der Waals surface area contributed by atoms with Crippen LogP contribution in [0.3, 0.4) is 0 Å². The molecule has 4 rings (SSSR count). The number of aliphatic carboxylic acids is 1. The van der Waals surface area contributed by atoms with Gasteiger partial charge in [0.15, 0.2) is 29.0 Å². The molecule has 2 aromatic rings. The van der Waals surface area contributed by atoms with Crippen molar-refractivity contribution in [1.29, 1.82) is 0 Å². The summed E-state index contributed by atoms with van der Waals surface area (Å²) in [6.07, 6.45) is -0.00995. The van der Waals surface area contributed by atoms with E-state index >= 15 is 0 Å². The standard InChI is InChI=1S/C26H25F3N2O8S/c1-40(37,38)30-18-8-5-13-3-2-4-14-9-19(31(24(13)14)26(18)36)20(32)10-15(11-22(34)35)21(33)12-39-25-17(28)7-6-16(27)23(25)29/h2-4,6-7,15,18-19,30H,5,8-12H2,1H3,(H,34,35)/t15?,18-,19-/m0/s1. The van der Waals surface area contributed by atoms with Crippen LogP contribution in [0, 0.1) is 23.4 Å². The number of nitrogens with one attached hydrogen (secondary N) is 1. The first kappa shape index (κ1) is 29.2. The summed E-state index contributed by atoms with van der Waals surface area (Å²) in [4.78, 5) is 52.5. The molecule has 3 atom stereocenters. The summed E-state index contributed by atoms with van der Waals surface area (Å²) in [5.41, 5.74) is 1.86. The largest absolute Gasteiger partial charge is 0.481 e. The second-order valence-corrected chi connectivity index (χ2v) is 11.5. The minimum Gasteiger partial charge on any atom is -0.481 e. The number of carboxylic acid groups (broad SMARTS) is 1. The Bertz CT molecular complexity index is 1500. The number of carboxylic acids is 1. The van der Waals surface area contributed by atoms with Crippen molar-refractivity contribution in [3.05, 3.63) is 58.9 Å². The van der Waals surface area contributed by atoms with Gasteiger partial charge in [0.25, 0.3) is 0 Å². The average molecular weight is 583 g/mol. The van der Waals surface area contributed by atoms with Gasteiger partial charge in [0, 0.05) is 18.8 Å². The number of benzene rings is 2. The summed E-state index contributed by atoms with van der Waals surface area (Å²) in [7, 11) is -3.78. The summed E-state index contributed by atoms with van der Waals surface area (Å²) in [5.74, 6) is -10.8. The molecule has 0 fully saturated rings. The van der Waals surface area contributed by atoms with Gasteiger partial charge in [-0.2, -0.15) is 4.39 Å². The van der Waals surface area contributed by atoms with E-state index in [0.717, 1.165) is 11.8 Å². The Morgan fingerprint density at radius 2 is 1.77 bits per heavy atom. The molecule has 10 nitrogen and oxygen atoms in total. The summed E-state index contributed by atoms with van der Waals surface area (Å²) in [6.45, 7) is -1.04. The molecule has 0 bridgehead atoms. The van der Waals surface area contributed by atoms with Gasteiger partial charge in [-0.05, 0) is 36.1 Å². The van der Waals surface area contributed by atoms with Crippen molar-refractivity contribution in [3.8, 4) is 5.75 Å². The summed E-state index contributed by atoms with van der Waals surface area (Å²) in [6, 6.07) is 4.04. The third kappa shape index (κ3) is 6.17. The number of hydrogen-bond acceptors (Lipinski definition) is 7. The monoisotopic (exact) mass is 582 g/mol. The van der Waals surface area contributed by atoms with Crippen molar-refractivity contribution in [1.82, 2.24) is 4.72 Å². The van der Waals surface area contributed by atoms with Gasteiger partial charge in [0.2, 0.25) is 21.7 Å².